The van der Waals surface area contributed by atoms with Crippen molar-refractivity contribution in [1.29, 1.82) is 0 Å². The lowest BCUT2D eigenvalue weighted by Gasteiger charge is -2.22. The van der Waals surface area contributed by atoms with Gasteiger partial charge in [0.2, 0.25) is 0 Å². The fraction of sp³-hybridized carbons (Fsp3) is 0.120. The zero-order valence-corrected chi connectivity index (χ0v) is 20.9. The van der Waals surface area contributed by atoms with Gasteiger partial charge in [0.1, 0.15) is 17.3 Å². The number of ketones is 1. The third-order valence-corrected chi connectivity index (χ3v) is 7.19. The number of aromatic nitrogens is 2. The third kappa shape index (κ3) is 4.09. The van der Waals surface area contributed by atoms with E-state index in [4.69, 9.17) is 27.9 Å². The van der Waals surface area contributed by atoms with E-state index in [9.17, 15) is 19.1 Å². The van der Waals surface area contributed by atoms with Crippen molar-refractivity contribution in [2.24, 2.45) is 0 Å². The number of Topliss-reactive ketones (excluding diaryl/α,β-unsaturated/α-hetero) is 1. The van der Waals surface area contributed by atoms with E-state index < -0.39 is 29.3 Å². The van der Waals surface area contributed by atoms with Gasteiger partial charge < -0.3 is 9.84 Å². The Kier molecular flexibility index (Phi) is 6.38. The fourth-order valence-corrected chi connectivity index (χ4v) is 5.30. The van der Waals surface area contributed by atoms with Crippen LogP contribution in [0.4, 0.5) is 9.52 Å². The van der Waals surface area contributed by atoms with E-state index in [1.54, 1.807) is 25.3 Å². The van der Waals surface area contributed by atoms with Gasteiger partial charge in [-0.1, -0.05) is 40.6 Å². The van der Waals surface area contributed by atoms with Crippen molar-refractivity contribution in [3.05, 3.63) is 87.4 Å². The van der Waals surface area contributed by atoms with Gasteiger partial charge in [-0.3, -0.25) is 19.5 Å². The number of pyridine rings is 1. The highest BCUT2D eigenvalue weighted by molar-refractivity contribution is 7.22. The molecular formula is C25H16Cl2FN3O4S. The van der Waals surface area contributed by atoms with E-state index in [0.29, 0.717) is 33.2 Å². The molecule has 1 aliphatic heterocycles. The second kappa shape index (κ2) is 9.50. The number of carbonyl (C=O) groups is 2. The van der Waals surface area contributed by atoms with Crippen LogP contribution >= 0.6 is 34.5 Å². The average molecular weight is 544 g/mol. The minimum atomic E-state index is -1.04. The first kappa shape index (κ1) is 24.2. The molecule has 1 amide bonds. The first-order valence-electron chi connectivity index (χ1n) is 10.7. The number of aliphatic hydroxyl groups excluding tert-OH is 1. The van der Waals surface area contributed by atoms with E-state index >= 15 is 0 Å². The molecule has 1 unspecified atom stereocenters. The van der Waals surface area contributed by atoms with Crippen molar-refractivity contribution in [1.82, 2.24) is 9.97 Å². The lowest BCUT2D eigenvalue weighted by atomic mass is 9.96. The summed E-state index contributed by atoms with van der Waals surface area (Å²) in [4.78, 5) is 36.3. The van der Waals surface area contributed by atoms with Crippen LogP contribution in [0.15, 0.2) is 60.4 Å². The molecule has 2 aromatic carbocycles. The number of carbonyl (C=O) groups excluding carboxylic acids is 2. The first-order valence-corrected chi connectivity index (χ1v) is 12.3. The summed E-state index contributed by atoms with van der Waals surface area (Å²) in [6.45, 7) is 2.13. The molecule has 1 fully saturated rings. The summed E-state index contributed by atoms with van der Waals surface area (Å²) in [5.41, 5.74) is 0.933. The molecule has 36 heavy (non-hydrogen) atoms. The van der Waals surface area contributed by atoms with Crippen LogP contribution in [0, 0.1) is 5.82 Å². The monoisotopic (exact) mass is 543 g/mol. The highest BCUT2D eigenvalue weighted by Gasteiger charge is 2.48. The number of amides is 1. The summed E-state index contributed by atoms with van der Waals surface area (Å²) in [5, 5.41) is 11.6. The van der Waals surface area contributed by atoms with Crippen molar-refractivity contribution in [3.63, 3.8) is 0 Å². The maximum atomic E-state index is 14.0. The number of thiazole rings is 1. The molecule has 5 rings (SSSR count). The Morgan fingerprint density at radius 3 is 2.72 bits per heavy atom. The summed E-state index contributed by atoms with van der Waals surface area (Å²) in [6, 6.07) is 9.42. The minimum absolute atomic E-state index is 0.113. The molecule has 0 radical (unpaired) electrons. The van der Waals surface area contributed by atoms with Crippen molar-refractivity contribution in [2.45, 2.75) is 13.0 Å². The summed E-state index contributed by atoms with van der Waals surface area (Å²) >= 11 is 13.1. The van der Waals surface area contributed by atoms with Crippen LogP contribution in [0.2, 0.25) is 10.0 Å². The highest BCUT2D eigenvalue weighted by atomic mass is 35.5. The number of anilines is 1. The number of aliphatic hydroxyl groups is 1. The number of hydrogen-bond donors (Lipinski definition) is 1. The fourth-order valence-electron chi connectivity index (χ4n) is 3.97. The van der Waals surface area contributed by atoms with Crippen LogP contribution in [0.5, 0.6) is 5.75 Å². The average Bonchev–Trinajstić information content (AvgIpc) is 3.38. The highest BCUT2D eigenvalue weighted by Crippen LogP contribution is 2.45. The summed E-state index contributed by atoms with van der Waals surface area (Å²) in [7, 11) is 0. The van der Waals surface area contributed by atoms with E-state index in [1.807, 2.05) is 0 Å². The lowest BCUT2D eigenvalue weighted by Crippen LogP contribution is -2.29. The third-order valence-electron chi connectivity index (χ3n) is 5.57. The molecule has 11 heteroatoms. The van der Waals surface area contributed by atoms with Crippen LogP contribution < -0.4 is 9.64 Å². The Labute approximate surface area is 218 Å². The molecule has 2 aromatic heterocycles. The van der Waals surface area contributed by atoms with Crippen LogP contribution in [0.25, 0.3) is 16.0 Å². The number of hydrogen-bond acceptors (Lipinski definition) is 7. The van der Waals surface area contributed by atoms with Gasteiger partial charge >= 0.3 is 5.91 Å². The number of rotatable bonds is 5. The Balaban J connectivity index is 1.71. The zero-order chi connectivity index (χ0) is 25.6. The van der Waals surface area contributed by atoms with Crippen molar-refractivity contribution in [2.75, 3.05) is 11.5 Å². The second-order valence-electron chi connectivity index (χ2n) is 7.76. The number of benzene rings is 2. The normalized spacial score (nSPS) is 17.2. The first-order chi connectivity index (χ1) is 17.3. The molecule has 7 nitrogen and oxygen atoms in total. The summed E-state index contributed by atoms with van der Waals surface area (Å²) < 4.78 is 20.0. The van der Waals surface area contributed by atoms with Gasteiger partial charge in [-0.25, -0.2) is 9.37 Å². The smallest absolute Gasteiger partial charge is 0.301 e. The van der Waals surface area contributed by atoms with Gasteiger partial charge in [-0.2, -0.15) is 0 Å². The van der Waals surface area contributed by atoms with E-state index in [1.165, 1.54) is 41.4 Å². The van der Waals surface area contributed by atoms with Gasteiger partial charge in [-0.15, -0.1) is 0 Å². The molecule has 182 valence electrons. The molecule has 1 N–H and O–H groups in total. The molecule has 0 saturated carbocycles. The topological polar surface area (TPSA) is 92.6 Å². The summed E-state index contributed by atoms with van der Waals surface area (Å²) in [5.74, 6) is -2.51. The predicted octanol–water partition coefficient (Wildman–Crippen LogP) is 6.16. The van der Waals surface area contributed by atoms with Gasteiger partial charge in [-0.05, 0) is 48.9 Å². The molecule has 1 saturated heterocycles. The molecule has 0 spiro atoms. The number of nitrogens with zero attached hydrogens (tertiary/aromatic N) is 3. The molecule has 4 aromatic rings. The largest absolute Gasteiger partial charge is 0.507 e. The second-order valence-corrected chi connectivity index (χ2v) is 9.59. The zero-order valence-electron chi connectivity index (χ0n) is 18.5. The maximum Gasteiger partial charge on any atom is 0.301 e. The SMILES string of the molecule is CCOc1cc(/C(O)=C2\C(=O)C(=O)N(c3nc4cc(Cl)c(F)cc4s3)C2c2cccnc2)ccc1Cl. The molecule has 1 aliphatic rings. The van der Waals surface area contributed by atoms with Crippen molar-refractivity contribution >= 4 is 67.3 Å². The number of ether oxygens (including phenoxy) is 1. The van der Waals surface area contributed by atoms with Crippen LogP contribution in [-0.4, -0.2) is 33.4 Å². The van der Waals surface area contributed by atoms with Crippen molar-refractivity contribution in [3.8, 4) is 5.75 Å². The molecule has 0 aliphatic carbocycles. The summed E-state index contributed by atoms with van der Waals surface area (Å²) in [6.07, 6.45) is 3.04. The maximum absolute atomic E-state index is 14.0. The molecule has 0 bridgehead atoms. The number of fused-ring (bicyclic) bond motifs is 1. The Morgan fingerprint density at radius 2 is 2.00 bits per heavy atom. The van der Waals surface area contributed by atoms with Gasteiger partial charge in [0.05, 0.1) is 38.5 Å². The lowest BCUT2D eigenvalue weighted by molar-refractivity contribution is -0.132. The van der Waals surface area contributed by atoms with Crippen LogP contribution in [0.3, 0.4) is 0 Å². The van der Waals surface area contributed by atoms with Gasteiger partial charge in [0.25, 0.3) is 5.78 Å². The van der Waals surface area contributed by atoms with Gasteiger partial charge in [0, 0.05) is 18.0 Å². The Hall–Kier alpha value is -3.53. The molecule has 1 atom stereocenters. The molecular weight excluding hydrogens is 528 g/mol. The van der Waals surface area contributed by atoms with E-state index in [0.717, 1.165) is 11.3 Å². The number of halogens is 3. The Bertz CT molecular complexity index is 1520. The van der Waals surface area contributed by atoms with Crippen LogP contribution in [0.1, 0.15) is 24.1 Å². The van der Waals surface area contributed by atoms with E-state index in [-0.39, 0.29) is 21.3 Å². The standard InChI is InChI=1S/C25H16Cl2FN3O4S/c1-2-35-18-8-12(5-6-14(18)26)22(32)20-21(13-4-3-7-29-11-13)31(24(34)23(20)33)25-30-17-9-15(27)16(28)10-19(17)36-25/h3-11,21,32H,2H2,1H3/b22-20+. The minimum Gasteiger partial charge on any atom is -0.507 e. The predicted molar refractivity (Wildman–Crippen MR) is 136 cm³/mol. The van der Waals surface area contributed by atoms with Crippen LogP contribution in [-0.2, 0) is 9.59 Å². The van der Waals surface area contributed by atoms with E-state index in [2.05, 4.69) is 9.97 Å². The Morgan fingerprint density at radius 1 is 1.19 bits per heavy atom. The van der Waals surface area contributed by atoms with Gasteiger partial charge in [0.15, 0.2) is 5.13 Å². The quantitative estimate of drug-likeness (QED) is 0.184. The van der Waals surface area contributed by atoms with Crippen molar-refractivity contribution < 1.29 is 23.8 Å². The molecule has 3 heterocycles.